The number of carbonyl (C=O) groups is 1. The first-order valence-electron chi connectivity index (χ1n) is 7.55. The van der Waals surface area contributed by atoms with Gasteiger partial charge in [0.2, 0.25) is 10.0 Å². The molecule has 0 saturated carbocycles. The van der Waals surface area contributed by atoms with Gasteiger partial charge in [-0.25, -0.2) is 13.1 Å². The molecule has 0 aromatic heterocycles. The third kappa shape index (κ3) is 4.43. The molecule has 0 bridgehead atoms. The lowest BCUT2D eigenvalue weighted by atomic mass is 10.2. The van der Waals surface area contributed by atoms with Crippen molar-refractivity contribution in [2.75, 3.05) is 26.8 Å². The predicted octanol–water partition coefficient (Wildman–Crippen LogP) is 0.902. The van der Waals surface area contributed by atoms with Crippen molar-refractivity contribution in [3.8, 4) is 5.75 Å². The number of sulfonamides is 1. The molecule has 1 aromatic rings. The quantitative estimate of drug-likeness (QED) is 0.768. The van der Waals surface area contributed by atoms with Crippen LogP contribution in [0.25, 0.3) is 0 Å². The summed E-state index contributed by atoms with van der Waals surface area (Å²) in [4.78, 5) is 12.1. The second-order valence-corrected chi connectivity index (χ2v) is 6.98. The summed E-state index contributed by atoms with van der Waals surface area (Å²) in [6.07, 6.45) is 1.69. The van der Waals surface area contributed by atoms with Crippen LogP contribution in [-0.4, -0.2) is 47.2 Å². The Labute approximate surface area is 136 Å². The van der Waals surface area contributed by atoms with Crippen LogP contribution >= 0.6 is 0 Å². The molecule has 1 heterocycles. The van der Waals surface area contributed by atoms with Gasteiger partial charge in [-0.05, 0) is 38.0 Å². The standard InChI is InChI=1S/C15H22N2O5S/c1-3-16-15(18)13-9-12(6-7-14(13)21-2)23(19,20)17-10-11-5-4-8-22-11/h6-7,9,11,17H,3-5,8,10H2,1-2H3,(H,16,18). The Morgan fingerprint density at radius 2 is 2.22 bits per heavy atom. The monoisotopic (exact) mass is 342 g/mol. The van der Waals surface area contributed by atoms with Crippen molar-refractivity contribution in [1.82, 2.24) is 10.0 Å². The highest BCUT2D eigenvalue weighted by Gasteiger charge is 2.22. The van der Waals surface area contributed by atoms with E-state index in [0.29, 0.717) is 18.9 Å². The van der Waals surface area contributed by atoms with Gasteiger partial charge >= 0.3 is 0 Å². The highest BCUT2D eigenvalue weighted by molar-refractivity contribution is 7.89. The lowest BCUT2D eigenvalue weighted by Gasteiger charge is -2.13. The molecule has 1 aliphatic rings. The zero-order valence-electron chi connectivity index (χ0n) is 13.3. The van der Waals surface area contributed by atoms with Crippen molar-refractivity contribution in [2.24, 2.45) is 0 Å². The number of hydrogen-bond donors (Lipinski definition) is 2. The molecule has 128 valence electrons. The fourth-order valence-corrected chi connectivity index (χ4v) is 3.47. The van der Waals surface area contributed by atoms with Crippen molar-refractivity contribution < 1.29 is 22.7 Å². The molecule has 0 aliphatic carbocycles. The smallest absolute Gasteiger partial charge is 0.255 e. The van der Waals surface area contributed by atoms with Gasteiger partial charge in [0.15, 0.2) is 0 Å². The van der Waals surface area contributed by atoms with E-state index >= 15 is 0 Å². The molecule has 1 aromatic carbocycles. The Bertz CT molecular complexity index is 654. The van der Waals surface area contributed by atoms with Crippen molar-refractivity contribution in [3.05, 3.63) is 23.8 Å². The number of methoxy groups -OCH3 is 1. The summed E-state index contributed by atoms with van der Waals surface area (Å²) in [6, 6.07) is 4.21. The van der Waals surface area contributed by atoms with E-state index in [1.54, 1.807) is 6.92 Å². The average molecular weight is 342 g/mol. The molecule has 2 N–H and O–H groups in total. The van der Waals surface area contributed by atoms with E-state index in [4.69, 9.17) is 9.47 Å². The van der Waals surface area contributed by atoms with E-state index in [0.717, 1.165) is 12.8 Å². The lowest BCUT2D eigenvalue weighted by Crippen LogP contribution is -2.32. The van der Waals surface area contributed by atoms with E-state index in [-0.39, 0.29) is 29.0 Å². The van der Waals surface area contributed by atoms with Crippen molar-refractivity contribution in [1.29, 1.82) is 0 Å². The van der Waals surface area contributed by atoms with E-state index < -0.39 is 10.0 Å². The van der Waals surface area contributed by atoms with Gasteiger partial charge in [0.05, 0.1) is 23.7 Å². The summed E-state index contributed by atoms with van der Waals surface area (Å²) in [5, 5.41) is 2.64. The maximum atomic E-state index is 12.4. The molecule has 1 atom stereocenters. The van der Waals surface area contributed by atoms with E-state index in [9.17, 15) is 13.2 Å². The number of carbonyl (C=O) groups excluding carboxylic acids is 1. The van der Waals surface area contributed by atoms with Crippen LogP contribution in [0.4, 0.5) is 0 Å². The van der Waals surface area contributed by atoms with Gasteiger partial charge < -0.3 is 14.8 Å². The Morgan fingerprint density at radius 1 is 1.43 bits per heavy atom. The predicted molar refractivity (Wildman–Crippen MR) is 85.2 cm³/mol. The Morgan fingerprint density at radius 3 is 2.83 bits per heavy atom. The van der Waals surface area contributed by atoms with Gasteiger partial charge in [-0.3, -0.25) is 4.79 Å². The number of nitrogens with one attached hydrogen (secondary N) is 2. The topological polar surface area (TPSA) is 93.7 Å². The Kier molecular flexibility index (Phi) is 5.97. The SMILES string of the molecule is CCNC(=O)c1cc(S(=O)(=O)NCC2CCCO2)ccc1OC. The van der Waals surface area contributed by atoms with Crippen LogP contribution in [-0.2, 0) is 14.8 Å². The third-order valence-corrected chi connectivity index (χ3v) is 5.01. The second kappa shape index (κ2) is 7.76. The zero-order chi connectivity index (χ0) is 16.9. The summed E-state index contributed by atoms with van der Waals surface area (Å²) < 4.78 is 37.8. The van der Waals surface area contributed by atoms with Gasteiger partial charge in [-0.2, -0.15) is 0 Å². The maximum absolute atomic E-state index is 12.4. The molecule has 1 fully saturated rings. The molecule has 1 unspecified atom stereocenters. The van der Waals surface area contributed by atoms with E-state index in [1.807, 2.05) is 0 Å². The molecular weight excluding hydrogens is 320 g/mol. The molecule has 7 nitrogen and oxygen atoms in total. The molecule has 0 radical (unpaired) electrons. The number of rotatable bonds is 7. The fourth-order valence-electron chi connectivity index (χ4n) is 2.38. The molecule has 2 rings (SSSR count). The zero-order valence-corrected chi connectivity index (χ0v) is 14.1. The molecular formula is C15H22N2O5S. The van der Waals surface area contributed by atoms with E-state index in [1.165, 1.54) is 25.3 Å². The number of benzene rings is 1. The molecule has 1 saturated heterocycles. The minimum atomic E-state index is -3.71. The van der Waals surface area contributed by atoms with Crippen LogP contribution in [0.2, 0.25) is 0 Å². The van der Waals surface area contributed by atoms with Crippen LogP contribution in [0.5, 0.6) is 5.75 Å². The van der Waals surface area contributed by atoms with Gasteiger partial charge in [0.25, 0.3) is 5.91 Å². The number of hydrogen-bond acceptors (Lipinski definition) is 5. The van der Waals surface area contributed by atoms with Gasteiger partial charge in [0.1, 0.15) is 5.75 Å². The van der Waals surface area contributed by atoms with Gasteiger partial charge in [-0.1, -0.05) is 0 Å². The number of amides is 1. The summed E-state index contributed by atoms with van der Waals surface area (Å²) in [7, 11) is -2.28. The Balaban J connectivity index is 2.20. The minimum Gasteiger partial charge on any atom is -0.496 e. The highest BCUT2D eigenvalue weighted by atomic mass is 32.2. The summed E-state index contributed by atoms with van der Waals surface area (Å²) in [6.45, 7) is 3.12. The third-order valence-electron chi connectivity index (χ3n) is 3.59. The average Bonchev–Trinajstić information content (AvgIpc) is 3.06. The second-order valence-electron chi connectivity index (χ2n) is 5.21. The van der Waals surface area contributed by atoms with E-state index in [2.05, 4.69) is 10.0 Å². The lowest BCUT2D eigenvalue weighted by molar-refractivity contribution is 0.0952. The summed E-state index contributed by atoms with van der Waals surface area (Å²) >= 11 is 0. The summed E-state index contributed by atoms with van der Waals surface area (Å²) in [5.41, 5.74) is 0.189. The normalized spacial score (nSPS) is 17.9. The maximum Gasteiger partial charge on any atom is 0.255 e. The highest BCUT2D eigenvalue weighted by Crippen LogP contribution is 2.22. The van der Waals surface area contributed by atoms with Crippen molar-refractivity contribution in [3.63, 3.8) is 0 Å². The molecule has 8 heteroatoms. The van der Waals surface area contributed by atoms with Crippen LogP contribution in [0.15, 0.2) is 23.1 Å². The molecule has 0 spiro atoms. The first-order chi connectivity index (χ1) is 11.0. The first kappa shape index (κ1) is 17.7. The number of ether oxygens (including phenoxy) is 2. The largest absolute Gasteiger partial charge is 0.496 e. The van der Waals surface area contributed by atoms with Crippen LogP contribution in [0.1, 0.15) is 30.1 Å². The first-order valence-corrected chi connectivity index (χ1v) is 9.03. The van der Waals surface area contributed by atoms with Gasteiger partial charge in [-0.15, -0.1) is 0 Å². The van der Waals surface area contributed by atoms with Crippen molar-refractivity contribution in [2.45, 2.75) is 30.8 Å². The molecule has 23 heavy (non-hydrogen) atoms. The van der Waals surface area contributed by atoms with Crippen LogP contribution < -0.4 is 14.8 Å². The summed E-state index contributed by atoms with van der Waals surface area (Å²) in [5.74, 6) is -0.0467. The Hall–Kier alpha value is -1.64. The van der Waals surface area contributed by atoms with Crippen LogP contribution in [0, 0.1) is 0 Å². The van der Waals surface area contributed by atoms with Crippen molar-refractivity contribution >= 4 is 15.9 Å². The van der Waals surface area contributed by atoms with Gasteiger partial charge in [0, 0.05) is 19.7 Å². The molecule has 1 aliphatic heterocycles. The van der Waals surface area contributed by atoms with Crippen LogP contribution in [0.3, 0.4) is 0 Å². The minimum absolute atomic E-state index is 0.0255. The fraction of sp³-hybridized carbons (Fsp3) is 0.533. The molecule has 1 amide bonds.